The number of carboxylic acid groups (broad SMARTS) is 1. The van der Waals surface area contributed by atoms with Crippen molar-refractivity contribution in [3.05, 3.63) is 0 Å². The highest BCUT2D eigenvalue weighted by atomic mass is 16.4. The van der Waals surface area contributed by atoms with Gasteiger partial charge < -0.3 is 15.3 Å². The van der Waals surface area contributed by atoms with Gasteiger partial charge in [0.05, 0.1) is 6.54 Å². The van der Waals surface area contributed by atoms with Crippen molar-refractivity contribution >= 4 is 11.9 Å². The fourth-order valence-corrected chi connectivity index (χ4v) is 3.49. The van der Waals surface area contributed by atoms with Crippen molar-refractivity contribution in [2.24, 2.45) is 11.8 Å². The third-order valence-electron chi connectivity index (χ3n) is 4.80. The Bertz CT molecular complexity index is 381. The van der Waals surface area contributed by atoms with Crippen LogP contribution >= 0.6 is 0 Å². The molecule has 1 amide bonds. The monoisotopic (exact) mass is 311 g/mol. The molecule has 0 saturated carbocycles. The zero-order valence-corrected chi connectivity index (χ0v) is 13.6. The standard InChI is InChI=1S/C16H29N3O3/c1-13-4-7-18(8-5-13)10-14-3-2-6-19(11-14)12-15(20)17-9-16(21)22/h13-14H,2-12H2,1H3,(H,17,20)(H,21,22). The number of piperidine rings is 2. The van der Waals surface area contributed by atoms with Gasteiger partial charge in [-0.15, -0.1) is 0 Å². The van der Waals surface area contributed by atoms with Crippen LogP contribution in [0.2, 0.25) is 0 Å². The summed E-state index contributed by atoms with van der Waals surface area (Å²) in [7, 11) is 0. The molecule has 2 aliphatic rings. The number of carbonyl (C=O) groups excluding carboxylic acids is 1. The summed E-state index contributed by atoms with van der Waals surface area (Å²) in [5.41, 5.74) is 0. The van der Waals surface area contributed by atoms with E-state index in [1.54, 1.807) is 0 Å². The van der Waals surface area contributed by atoms with Crippen LogP contribution in [0.25, 0.3) is 0 Å². The van der Waals surface area contributed by atoms with Gasteiger partial charge in [-0.05, 0) is 57.2 Å². The number of carboxylic acids is 1. The first-order valence-electron chi connectivity index (χ1n) is 8.46. The minimum atomic E-state index is -0.996. The van der Waals surface area contributed by atoms with E-state index in [0.29, 0.717) is 12.5 Å². The third-order valence-corrected chi connectivity index (χ3v) is 4.80. The van der Waals surface area contributed by atoms with E-state index in [1.807, 2.05) is 0 Å². The van der Waals surface area contributed by atoms with Gasteiger partial charge in [0.15, 0.2) is 0 Å². The first kappa shape index (κ1) is 17.2. The zero-order valence-electron chi connectivity index (χ0n) is 13.6. The summed E-state index contributed by atoms with van der Waals surface area (Å²) in [6.07, 6.45) is 4.96. The number of likely N-dealkylation sites (tertiary alicyclic amines) is 2. The van der Waals surface area contributed by atoms with Crippen molar-refractivity contribution in [1.29, 1.82) is 0 Å². The number of nitrogens with zero attached hydrogens (tertiary/aromatic N) is 2. The molecule has 0 aromatic heterocycles. The largest absolute Gasteiger partial charge is 0.480 e. The van der Waals surface area contributed by atoms with Crippen LogP contribution < -0.4 is 5.32 Å². The molecule has 2 saturated heterocycles. The number of hydrogen-bond donors (Lipinski definition) is 2. The summed E-state index contributed by atoms with van der Waals surface area (Å²) in [5, 5.41) is 11.0. The molecule has 0 radical (unpaired) electrons. The molecule has 1 unspecified atom stereocenters. The summed E-state index contributed by atoms with van der Waals surface area (Å²) in [5.74, 6) is 0.311. The van der Waals surface area contributed by atoms with E-state index in [9.17, 15) is 9.59 Å². The molecule has 2 aliphatic heterocycles. The molecule has 0 aromatic rings. The minimum absolute atomic E-state index is 0.185. The Morgan fingerprint density at radius 2 is 1.86 bits per heavy atom. The molecule has 2 N–H and O–H groups in total. The summed E-state index contributed by atoms with van der Waals surface area (Å²) in [4.78, 5) is 26.9. The van der Waals surface area contributed by atoms with Crippen molar-refractivity contribution in [3.8, 4) is 0 Å². The van der Waals surface area contributed by atoms with E-state index >= 15 is 0 Å². The van der Waals surface area contributed by atoms with Crippen LogP contribution in [0.3, 0.4) is 0 Å². The molecule has 2 fully saturated rings. The van der Waals surface area contributed by atoms with Gasteiger partial charge in [0.1, 0.15) is 6.54 Å². The number of aliphatic carboxylic acids is 1. The number of nitrogens with one attached hydrogen (secondary N) is 1. The maximum Gasteiger partial charge on any atom is 0.322 e. The highest BCUT2D eigenvalue weighted by Crippen LogP contribution is 2.21. The van der Waals surface area contributed by atoms with Gasteiger partial charge in [-0.25, -0.2) is 0 Å². The molecule has 0 aliphatic carbocycles. The Kier molecular flexibility index (Phi) is 6.64. The molecule has 22 heavy (non-hydrogen) atoms. The van der Waals surface area contributed by atoms with E-state index in [0.717, 1.165) is 32.0 Å². The predicted octanol–water partition coefficient (Wildman–Crippen LogP) is 0.631. The van der Waals surface area contributed by atoms with Crippen molar-refractivity contribution in [2.75, 3.05) is 45.8 Å². The Labute approximate surface area is 132 Å². The second-order valence-electron chi connectivity index (χ2n) is 6.90. The SMILES string of the molecule is CC1CCN(CC2CCCN(CC(=O)NCC(=O)O)C2)CC1. The van der Waals surface area contributed by atoms with E-state index in [2.05, 4.69) is 22.0 Å². The van der Waals surface area contributed by atoms with Crippen LogP contribution in [0.1, 0.15) is 32.6 Å². The lowest BCUT2D eigenvalue weighted by Gasteiger charge is -2.37. The first-order valence-corrected chi connectivity index (χ1v) is 8.46. The van der Waals surface area contributed by atoms with E-state index in [1.165, 1.54) is 32.4 Å². The highest BCUT2D eigenvalue weighted by Gasteiger charge is 2.25. The third kappa shape index (κ3) is 5.93. The molecule has 2 heterocycles. The minimum Gasteiger partial charge on any atom is -0.480 e. The maximum atomic E-state index is 11.7. The van der Waals surface area contributed by atoms with Crippen LogP contribution in [0.4, 0.5) is 0 Å². The predicted molar refractivity (Wildman–Crippen MR) is 84.6 cm³/mol. The Hall–Kier alpha value is -1.14. The summed E-state index contributed by atoms with van der Waals surface area (Å²) >= 11 is 0. The lowest BCUT2D eigenvalue weighted by Crippen LogP contribution is -2.46. The molecule has 0 bridgehead atoms. The lowest BCUT2D eigenvalue weighted by molar-refractivity contribution is -0.138. The van der Waals surface area contributed by atoms with Gasteiger partial charge in [0, 0.05) is 13.1 Å². The highest BCUT2D eigenvalue weighted by molar-refractivity contribution is 5.82. The van der Waals surface area contributed by atoms with E-state index in [-0.39, 0.29) is 12.5 Å². The van der Waals surface area contributed by atoms with Crippen LogP contribution in [0.15, 0.2) is 0 Å². The van der Waals surface area contributed by atoms with Crippen molar-refractivity contribution < 1.29 is 14.7 Å². The smallest absolute Gasteiger partial charge is 0.322 e. The number of hydrogen-bond acceptors (Lipinski definition) is 4. The van der Waals surface area contributed by atoms with Gasteiger partial charge in [0.2, 0.25) is 5.91 Å². The number of rotatable bonds is 6. The normalized spacial score (nSPS) is 25.0. The van der Waals surface area contributed by atoms with Crippen LogP contribution in [0, 0.1) is 11.8 Å². The molecular weight excluding hydrogens is 282 g/mol. The fraction of sp³-hybridized carbons (Fsp3) is 0.875. The fourth-order valence-electron chi connectivity index (χ4n) is 3.49. The summed E-state index contributed by atoms with van der Waals surface area (Å²) in [6, 6.07) is 0. The Balaban J connectivity index is 1.69. The number of amides is 1. The quantitative estimate of drug-likeness (QED) is 0.753. The van der Waals surface area contributed by atoms with Crippen molar-refractivity contribution in [1.82, 2.24) is 15.1 Å². The second kappa shape index (κ2) is 8.48. The topological polar surface area (TPSA) is 72.9 Å². The van der Waals surface area contributed by atoms with Crippen LogP contribution in [-0.2, 0) is 9.59 Å². The van der Waals surface area contributed by atoms with Gasteiger partial charge >= 0.3 is 5.97 Å². The van der Waals surface area contributed by atoms with E-state index < -0.39 is 5.97 Å². The van der Waals surface area contributed by atoms with Crippen LogP contribution in [0.5, 0.6) is 0 Å². The number of carbonyl (C=O) groups is 2. The Morgan fingerprint density at radius 3 is 2.55 bits per heavy atom. The molecule has 6 heteroatoms. The molecule has 6 nitrogen and oxygen atoms in total. The summed E-state index contributed by atoms with van der Waals surface area (Å²) in [6.45, 7) is 7.80. The van der Waals surface area contributed by atoms with Crippen molar-refractivity contribution in [3.63, 3.8) is 0 Å². The molecule has 1 atom stereocenters. The Morgan fingerprint density at radius 1 is 1.14 bits per heavy atom. The lowest BCUT2D eigenvalue weighted by atomic mass is 9.94. The molecule has 2 rings (SSSR count). The summed E-state index contributed by atoms with van der Waals surface area (Å²) < 4.78 is 0. The van der Waals surface area contributed by atoms with Gasteiger partial charge in [-0.2, -0.15) is 0 Å². The molecule has 0 aromatic carbocycles. The molecule has 126 valence electrons. The van der Waals surface area contributed by atoms with Crippen molar-refractivity contribution in [2.45, 2.75) is 32.6 Å². The average molecular weight is 311 g/mol. The van der Waals surface area contributed by atoms with Gasteiger partial charge in [0.25, 0.3) is 0 Å². The van der Waals surface area contributed by atoms with Gasteiger partial charge in [-0.3, -0.25) is 14.5 Å². The van der Waals surface area contributed by atoms with E-state index in [4.69, 9.17) is 5.11 Å². The molecule has 0 spiro atoms. The average Bonchev–Trinajstić information content (AvgIpc) is 2.48. The second-order valence-corrected chi connectivity index (χ2v) is 6.90. The zero-order chi connectivity index (χ0) is 15.9. The van der Waals surface area contributed by atoms with Crippen LogP contribution in [-0.4, -0.2) is 72.6 Å². The first-order chi connectivity index (χ1) is 10.5. The maximum absolute atomic E-state index is 11.7. The molecular formula is C16H29N3O3. The van der Waals surface area contributed by atoms with Gasteiger partial charge in [-0.1, -0.05) is 6.92 Å².